The zero-order valence-corrected chi connectivity index (χ0v) is 20.8. The maximum absolute atomic E-state index is 6.07. The molecule has 0 aliphatic heterocycles. The molecule has 4 aromatic rings. The van der Waals surface area contributed by atoms with Gasteiger partial charge < -0.3 is 15.8 Å². The zero-order valence-electron chi connectivity index (χ0n) is 20.8. The normalized spacial score (nSPS) is 11.1. The number of pyridine rings is 2. The van der Waals surface area contributed by atoms with Gasteiger partial charge in [0.1, 0.15) is 18.2 Å². The zero-order chi connectivity index (χ0) is 25.5. The van der Waals surface area contributed by atoms with E-state index in [9.17, 15) is 0 Å². The van der Waals surface area contributed by atoms with Gasteiger partial charge in [0.25, 0.3) is 0 Å². The van der Waals surface area contributed by atoms with E-state index in [0.717, 1.165) is 27.6 Å². The van der Waals surface area contributed by atoms with Gasteiger partial charge in [0.05, 0.1) is 18.4 Å². The van der Waals surface area contributed by atoms with Gasteiger partial charge in [0, 0.05) is 43.3 Å². The quantitative estimate of drug-likeness (QED) is 0.246. The third-order valence-electron chi connectivity index (χ3n) is 5.91. The lowest BCUT2D eigenvalue weighted by Crippen LogP contribution is -2.09. The molecule has 0 spiro atoms. The second-order valence-corrected chi connectivity index (χ2v) is 8.39. The van der Waals surface area contributed by atoms with E-state index < -0.39 is 0 Å². The number of fused-ring (bicyclic) bond motifs is 1. The summed E-state index contributed by atoms with van der Waals surface area (Å²) >= 11 is 0. The minimum Gasteiger partial charge on any atom is -0.485 e. The molecule has 0 aliphatic carbocycles. The number of allylic oxidation sites excluding steroid dienone is 1. The van der Waals surface area contributed by atoms with Crippen LogP contribution in [0.25, 0.3) is 10.8 Å². The van der Waals surface area contributed by atoms with Gasteiger partial charge in [-0.05, 0) is 66.6 Å². The summed E-state index contributed by atoms with van der Waals surface area (Å²) in [7, 11) is 0. The van der Waals surface area contributed by atoms with Crippen LogP contribution in [0.15, 0.2) is 66.3 Å². The van der Waals surface area contributed by atoms with Crippen molar-refractivity contribution in [3.63, 3.8) is 0 Å². The number of aromatic nitrogens is 4. The number of nitrogens with zero attached hydrogens (tertiary/aromatic N) is 6. The predicted molar refractivity (Wildman–Crippen MR) is 143 cm³/mol. The van der Waals surface area contributed by atoms with Crippen LogP contribution in [0.4, 0.5) is 11.6 Å². The molecule has 0 saturated heterocycles. The van der Waals surface area contributed by atoms with Crippen molar-refractivity contribution in [1.29, 1.82) is 0 Å². The Hall–Kier alpha value is -4.53. The number of ether oxygens (including phenoxy) is 1. The van der Waals surface area contributed by atoms with Gasteiger partial charge in [0.2, 0.25) is 0 Å². The molecule has 9 nitrogen and oxygen atoms in total. The second-order valence-electron chi connectivity index (χ2n) is 8.39. The second kappa shape index (κ2) is 11.3. The van der Waals surface area contributed by atoms with Crippen molar-refractivity contribution < 1.29 is 4.74 Å². The number of hydrazone groups is 1. The molecule has 0 radical (unpaired) electrons. The topological polar surface area (TPSA) is 114 Å². The molecule has 0 bridgehead atoms. The van der Waals surface area contributed by atoms with Crippen LogP contribution in [-0.4, -0.2) is 31.9 Å². The number of nitrogens with two attached hydrogens (primary N) is 1. The molecule has 0 unspecified atom stereocenters. The highest BCUT2D eigenvalue weighted by Crippen LogP contribution is 2.28. The van der Waals surface area contributed by atoms with Crippen LogP contribution in [-0.2, 0) is 19.7 Å². The monoisotopic (exact) mass is 482 g/mol. The Balaban J connectivity index is 1.38. The molecule has 4 rings (SSSR count). The number of aryl methyl sites for hydroxylation is 2. The molecular formula is C27H30N8O. The fraction of sp³-hybridized carbons (Fsp3) is 0.222. The molecule has 36 heavy (non-hydrogen) atoms. The van der Waals surface area contributed by atoms with Gasteiger partial charge >= 0.3 is 0 Å². The maximum Gasteiger partial charge on any atom is 0.152 e. The number of nitrogen functional groups attached to an aromatic ring is 1. The molecule has 0 saturated carbocycles. The average molecular weight is 483 g/mol. The Labute approximate surface area is 210 Å². The molecule has 3 N–H and O–H groups in total. The lowest BCUT2D eigenvalue weighted by Gasteiger charge is -2.15. The summed E-state index contributed by atoms with van der Waals surface area (Å²) in [6.07, 6.45) is 8.92. The van der Waals surface area contributed by atoms with Crippen molar-refractivity contribution in [2.45, 2.75) is 40.5 Å². The molecule has 0 amide bonds. The Morgan fingerprint density at radius 1 is 1.14 bits per heavy atom. The Morgan fingerprint density at radius 2 is 2.00 bits per heavy atom. The first kappa shape index (κ1) is 24.6. The number of rotatable bonds is 10. The van der Waals surface area contributed by atoms with E-state index in [-0.39, 0.29) is 0 Å². The lowest BCUT2D eigenvalue weighted by atomic mass is 9.96. The van der Waals surface area contributed by atoms with Gasteiger partial charge in [0.15, 0.2) is 5.82 Å². The molecule has 0 atom stereocenters. The summed E-state index contributed by atoms with van der Waals surface area (Å²) < 4.78 is 5.91. The van der Waals surface area contributed by atoms with Crippen molar-refractivity contribution in [2.75, 3.05) is 11.1 Å². The number of anilines is 2. The minimum absolute atomic E-state index is 0.321. The fourth-order valence-corrected chi connectivity index (χ4v) is 4.00. The van der Waals surface area contributed by atoms with Crippen LogP contribution >= 0.6 is 0 Å². The van der Waals surface area contributed by atoms with E-state index in [1.165, 1.54) is 11.1 Å². The Bertz CT molecular complexity index is 1380. The highest BCUT2D eigenvalue weighted by molar-refractivity contribution is 5.94. The maximum atomic E-state index is 6.07. The van der Waals surface area contributed by atoms with Crippen LogP contribution in [0.5, 0.6) is 5.75 Å². The fourth-order valence-electron chi connectivity index (χ4n) is 4.00. The first-order valence-electron chi connectivity index (χ1n) is 11.6. The third kappa shape index (κ3) is 5.75. The van der Waals surface area contributed by atoms with Crippen molar-refractivity contribution in [3.8, 4) is 5.75 Å². The van der Waals surface area contributed by atoms with Crippen LogP contribution < -0.4 is 15.8 Å². The minimum atomic E-state index is 0.321. The highest BCUT2D eigenvalue weighted by Gasteiger charge is 2.11. The first-order valence-corrected chi connectivity index (χ1v) is 11.6. The van der Waals surface area contributed by atoms with Crippen LogP contribution in [0.2, 0.25) is 0 Å². The third-order valence-corrected chi connectivity index (χ3v) is 5.91. The van der Waals surface area contributed by atoms with Gasteiger partial charge in [-0.3, -0.25) is 9.99 Å². The molecule has 1 aromatic carbocycles. The molecular weight excluding hydrogens is 452 g/mol. The number of benzene rings is 1. The van der Waals surface area contributed by atoms with E-state index in [2.05, 4.69) is 57.2 Å². The molecule has 184 valence electrons. The number of hydrogen-bond acceptors (Lipinski definition) is 9. The standard InChI is InChI=1S/C27H30N8O/c1-5-10-35(29-4)16-20-6-7-21(31-13-20)17-36-22-12-26(34-33-14-22)32-15-25-18(2)11-24-23(19(25)3)8-9-30-27(24)28/h5-14H,4,15-17H2,1-3H3,(H2,28,30)(H,32,34)/b10-5-. The van der Waals surface area contributed by atoms with Gasteiger partial charge in [-0.25, -0.2) is 4.98 Å². The van der Waals surface area contributed by atoms with Crippen LogP contribution in [0.3, 0.4) is 0 Å². The summed E-state index contributed by atoms with van der Waals surface area (Å²) in [5.41, 5.74) is 11.4. The smallest absolute Gasteiger partial charge is 0.152 e. The Morgan fingerprint density at radius 3 is 2.75 bits per heavy atom. The van der Waals surface area contributed by atoms with Crippen LogP contribution in [0.1, 0.15) is 34.9 Å². The van der Waals surface area contributed by atoms with Crippen molar-refractivity contribution in [3.05, 3.63) is 89.1 Å². The van der Waals surface area contributed by atoms with Crippen LogP contribution in [0, 0.1) is 13.8 Å². The average Bonchev–Trinajstić information content (AvgIpc) is 2.89. The first-order chi connectivity index (χ1) is 17.5. The van der Waals surface area contributed by atoms with Crippen molar-refractivity contribution in [1.82, 2.24) is 25.2 Å². The molecule has 3 heterocycles. The van der Waals surface area contributed by atoms with Gasteiger partial charge in [-0.1, -0.05) is 12.1 Å². The van der Waals surface area contributed by atoms with E-state index in [4.69, 9.17) is 10.5 Å². The van der Waals surface area contributed by atoms with E-state index >= 15 is 0 Å². The largest absolute Gasteiger partial charge is 0.485 e. The summed E-state index contributed by atoms with van der Waals surface area (Å²) in [6.45, 7) is 11.2. The SMILES string of the molecule is C=NN(/C=C\C)Cc1ccc(COc2cnnc(NCc3c(C)cc4c(N)nccc4c3C)c2)nc1. The Kier molecular flexibility index (Phi) is 7.69. The summed E-state index contributed by atoms with van der Waals surface area (Å²) in [5.74, 6) is 1.78. The molecule has 0 aliphatic rings. The number of nitrogens with one attached hydrogen (secondary N) is 1. The molecule has 0 fully saturated rings. The summed E-state index contributed by atoms with van der Waals surface area (Å²) in [6, 6.07) is 9.85. The van der Waals surface area contributed by atoms with Crippen molar-refractivity contribution >= 4 is 29.1 Å². The summed E-state index contributed by atoms with van der Waals surface area (Å²) in [5, 5.41) is 19.4. The van der Waals surface area contributed by atoms with E-state index in [1.54, 1.807) is 17.4 Å². The predicted octanol–water partition coefficient (Wildman–Crippen LogP) is 4.76. The van der Waals surface area contributed by atoms with E-state index in [1.807, 2.05) is 49.7 Å². The lowest BCUT2D eigenvalue weighted by molar-refractivity contribution is 0.299. The van der Waals surface area contributed by atoms with Crippen molar-refractivity contribution in [2.24, 2.45) is 5.10 Å². The van der Waals surface area contributed by atoms with E-state index in [0.29, 0.717) is 37.1 Å². The highest BCUT2D eigenvalue weighted by atomic mass is 16.5. The van der Waals surface area contributed by atoms with Gasteiger partial charge in [-0.2, -0.15) is 10.2 Å². The molecule has 9 heteroatoms. The van der Waals surface area contributed by atoms with Gasteiger partial charge in [-0.15, -0.1) is 5.10 Å². The molecule has 3 aromatic heterocycles. The summed E-state index contributed by atoms with van der Waals surface area (Å²) in [4.78, 5) is 8.69. The number of hydrogen-bond donors (Lipinski definition) is 2.